The van der Waals surface area contributed by atoms with Gasteiger partial charge in [0.15, 0.2) is 0 Å². The van der Waals surface area contributed by atoms with E-state index in [1.165, 1.54) is 23.4 Å². The Kier molecular flexibility index (Phi) is 3.37. The summed E-state index contributed by atoms with van der Waals surface area (Å²) >= 11 is 0. The van der Waals surface area contributed by atoms with Crippen molar-refractivity contribution in [2.45, 2.75) is 13.3 Å². The zero-order valence-corrected chi connectivity index (χ0v) is 13.1. The number of rotatable bonds is 2. The summed E-state index contributed by atoms with van der Waals surface area (Å²) in [5.41, 5.74) is 3.75. The quantitative estimate of drug-likeness (QED) is 0.729. The number of nitrogens with zero attached hydrogens (tertiary/aromatic N) is 4. The van der Waals surface area contributed by atoms with E-state index in [9.17, 15) is 9.18 Å². The van der Waals surface area contributed by atoms with E-state index in [2.05, 4.69) is 10.1 Å². The predicted octanol–water partition coefficient (Wildman–Crippen LogP) is 2.92. The molecule has 0 fully saturated rings. The highest BCUT2D eigenvalue weighted by Crippen LogP contribution is 2.32. The molecule has 24 heavy (non-hydrogen) atoms. The van der Waals surface area contributed by atoms with Crippen molar-refractivity contribution in [2.75, 3.05) is 11.4 Å². The van der Waals surface area contributed by atoms with Crippen LogP contribution in [0.5, 0.6) is 0 Å². The maximum absolute atomic E-state index is 14.4. The first-order valence-electron chi connectivity index (χ1n) is 7.70. The number of aromatic nitrogens is 3. The number of fused-ring (bicyclic) bond motifs is 1. The maximum atomic E-state index is 14.4. The van der Waals surface area contributed by atoms with Gasteiger partial charge in [-0.15, -0.1) is 0 Å². The first-order chi connectivity index (χ1) is 11.6. The summed E-state index contributed by atoms with van der Waals surface area (Å²) in [5, 5.41) is 3.91. The largest absolute Gasteiger partial charge is 0.307 e. The number of aryl methyl sites for hydroxylation is 1. The van der Waals surface area contributed by atoms with Crippen LogP contribution in [0.15, 0.2) is 49.1 Å². The minimum Gasteiger partial charge on any atom is -0.307 e. The van der Waals surface area contributed by atoms with Crippen molar-refractivity contribution in [2.24, 2.45) is 0 Å². The summed E-state index contributed by atoms with van der Waals surface area (Å²) < 4.78 is 15.7. The van der Waals surface area contributed by atoms with Crippen LogP contribution >= 0.6 is 0 Å². The molecule has 1 aliphatic rings. The Hall–Kier alpha value is -3.02. The number of para-hydroxylation sites is 1. The molecule has 2 heterocycles. The number of benzene rings is 2. The molecule has 0 bridgehead atoms. The average molecular weight is 322 g/mol. The SMILES string of the molecule is Cc1cccc2c1N(C(=O)c1ccc(-n3cncn3)c(F)c1)CC2. The summed E-state index contributed by atoms with van der Waals surface area (Å²) in [7, 11) is 0. The molecule has 2 aromatic carbocycles. The normalized spacial score (nSPS) is 13.2. The van der Waals surface area contributed by atoms with E-state index in [1.54, 1.807) is 17.0 Å². The van der Waals surface area contributed by atoms with Gasteiger partial charge in [-0.25, -0.2) is 14.1 Å². The lowest BCUT2D eigenvalue weighted by molar-refractivity contribution is 0.0989. The predicted molar refractivity (Wildman–Crippen MR) is 87.9 cm³/mol. The van der Waals surface area contributed by atoms with Gasteiger partial charge in [-0.05, 0) is 42.7 Å². The number of amides is 1. The number of carbonyl (C=O) groups excluding carboxylic acids is 1. The Bertz CT molecular complexity index is 921. The number of anilines is 1. The molecular formula is C18H15FN4O. The van der Waals surface area contributed by atoms with E-state index in [-0.39, 0.29) is 11.6 Å². The first-order valence-corrected chi connectivity index (χ1v) is 7.70. The lowest BCUT2D eigenvalue weighted by Gasteiger charge is -2.19. The molecule has 0 spiro atoms. The molecule has 6 heteroatoms. The van der Waals surface area contributed by atoms with Crippen LogP contribution in [0, 0.1) is 12.7 Å². The number of halogens is 1. The molecule has 1 amide bonds. The second-order valence-electron chi connectivity index (χ2n) is 5.80. The van der Waals surface area contributed by atoms with Crippen LogP contribution in [0.3, 0.4) is 0 Å². The minimum absolute atomic E-state index is 0.188. The van der Waals surface area contributed by atoms with Crippen LogP contribution in [0.2, 0.25) is 0 Å². The highest BCUT2D eigenvalue weighted by molar-refractivity contribution is 6.07. The first kappa shape index (κ1) is 14.6. The molecule has 0 saturated carbocycles. The van der Waals surface area contributed by atoms with Crippen molar-refractivity contribution in [3.63, 3.8) is 0 Å². The third-order valence-electron chi connectivity index (χ3n) is 4.30. The molecule has 4 rings (SSSR count). The van der Waals surface area contributed by atoms with Crippen LogP contribution in [-0.2, 0) is 6.42 Å². The van der Waals surface area contributed by atoms with E-state index in [0.29, 0.717) is 12.1 Å². The Balaban J connectivity index is 1.69. The van der Waals surface area contributed by atoms with Crippen molar-refractivity contribution < 1.29 is 9.18 Å². The molecule has 0 saturated heterocycles. The molecule has 0 N–H and O–H groups in total. The molecule has 5 nitrogen and oxygen atoms in total. The van der Waals surface area contributed by atoms with Gasteiger partial charge in [-0.2, -0.15) is 5.10 Å². The van der Waals surface area contributed by atoms with E-state index < -0.39 is 5.82 Å². The van der Waals surface area contributed by atoms with Crippen LogP contribution in [0.1, 0.15) is 21.5 Å². The smallest absolute Gasteiger partial charge is 0.258 e. The molecular weight excluding hydrogens is 307 g/mol. The van der Waals surface area contributed by atoms with Crippen LogP contribution in [-0.4, -0.2) is 27.2 Å². The van der Waals surface area contributed by atoms with E-state index in [1.807, 2.05) is 25.1 Å². The zero-order valence-electron chi connectivity index (χ0n) is 13.1. The van der Waals surface area contributed by atoms with Gasteiger partial charge in [0.1, 0.15) is 24.2 Å². The molecule has 120 valence electrons. The van der Waals surface area contributed by atoms with Gasteiger partial charge in [0, 0.05) is 12.1 Å². The summed E-state index contributed by atoms with van der Waals surface area (Å²) in [6.45, 7) is 2.60. The van der Waals surface area contributed by atoms with Crippen molar-refractivity contribution in [3.05, 3.63) is 71.6 Å². The Morgan fingerprint density at radius 3 is 2.88 bits per heavy atom. The van der Waals surface area contributed by atoms with Crippen molar-refractivity contribution in [1.82, 2.24) is 14.8 Å². The second-order valence-corrected chi connectivity index (χ2v) is 5.80. The molecule has 0 atom stereocenters. The Labute approximate surface area is 138 Å². The highest BCUT2D eigenvalue weighted by atomic mass is 19.1. The number of hydrogen-bond acceptors (Lipinski definition) is 3. The van der Waals surface area contributed by atoms with Crippen molar-refractivity contribution >= 4 is 11.6 Å². The highest BCUT2D eigenvalue weighted by Gasteiger charge is 2.27. The molecule has 0 aliphatic carbocycles. The Morgan fingerprint density at radius 1 is 1.25 bits per heavy atom. The molecule has 1 aliphatic heterocycles. The fraction of sp³-hybridized carbons (Fsp3) is 0.167. The van der Waals surface area contributed by atoms with E-state index >= 15 is 0 Å². The van der Waals surface area contributed by atoms with E-state index in [4.69, 9.17) is 0 Å². The summed E-state index contributed by atoms with van der Waals surface area (Å²) in [4.78, 5) is 18.4. The van der Waals surface area contributed by atoms with Gasteiger partial charge in [-0.3, -0.25) is 4.79 Å². The van der Waals surface area contributed by atoms with Gasteiger partial charge in [0.25, 0.3) is 5.91 Å². The summed E-state index contributed by atoms with van der Waals surface area (Å²) in [5.74, 6) is -0.692. The molecule has 3 aromatic rings. The standard InChI is InChI=1S/C18H15FN4O/c1-12-3-2-4-13-7-8-22(17(12)13)18(24)14-5-6-16(15(19)9-14)23-11-20-10-21-23/h2-6,9-11H,7-8H2,1H3. The van der Waals surface area contributed by atoms with Crippen molar-refractivity contribution in [3.8, 4) is 5.69 Å². The van der Waals surface area contributed by atoms with Crippen LogP contribution in [0.25, 0.3) is 5.69 Å². The number of carbonyl (C=O) groups is 1. The Morgan fingerprint density at radius 2 is 2.12 bits per heavy atom. The topological polar surface area (TPSA) is 51.0 Å². The van der Waals surface area contributed by atoms with Crippen LogP contribution < -0.4 is 4.90 Å². The van der Waals surface area contributed by atoms with Gasteiger partial charge < -0.3 is 4.90 Å². The molecule has 1 aromatic heterocycles. The summed E-state index contributed by atoms with van der Waals surface area (Å²) in [6, 6.07) is 10.4. The lowest BCUT2D eigenvalue weighted by atomic mass is 10.1. The summed E-state index contributed by atoms with van der Waals surface area (Å²) in [6.07, 6.45) is 3.57. The number of hydrogen-bond donors (Lipinski definition) is 0. The van der Waals surface area contributed by atoms with Gasteiger partial charge in [0.2, 0.25) is 0 Å². The fourth-order valence-corrected chi connectivity index (χ4v) is 3.17. The third kappa shape index (κ3) is 2.27. The monoisotopic (exact) mass is 322 g/mol. The van der Waals surface area contributed by atoms with Gasteiger partial charge in [0.05, 0.1) is 5.69 Å². The van der Waals surface area contributed by atoms with Gasteiger partial charge >= 0.3 is 0 Å². The average Bonchev–Trinajstić information content (AvgIpc) is 3.24. The van der Waals surface area contributed by atoms with E-state index in [0.717, 1.165) is 23.2 Å². The van der Waals surface area contributed by atoms with Crippen molar-refractivity contribution in [1.29, 1.82) is 0 Å². The fourth-order valence-electron chi connectivity index (χ4n) is 3.17. The third-order valence-corrected chi connectivity index (χ3v) is 4.30. The molecule has 0 radical (unpaired) electrons. The lowest BCUT2D eigenvalue weighted by Crippen LogP contribution is -2.29. The molecule has 0 unspecified atom stereocenters. The van der Waals surface area contributed by atoms with Crippen LogP contribution in [0.4, 0.5) is 10.1 Å². The van der Waals surface area contributed by atoms with Gasteiger partial charge in [-0.1, -0.05) is 18.2 Å². The second kappa shape index (κ2) is 5.56. The zero-order chi connectivity index (χ0) is 16.7. The minimum atomic E-state index is -0.504. The maximum Gasteiger partial charge on any atom is 0.258 e.